The van der Waals surface area contributed by atoms with Crippen LogP contribution in [0.1, 0.15) is 53.4 Å². The Hall–Kier alpha value is -0.610. The summed E-state index contributed by atoms with van der Waals surface area (Å²) in [6.07, 6.45) is 3.51. The average molecular weight is 256 g/mol. The van der Waals surface area contributed by atoms with Gasteiger partial charge in [-0.25, -0.2) is 0 Å². The van der Waals surface area contributed by atoms with E-state index in [0.717, 1.165) is 25.8 Å². The number of amides is 1. The predicted octanol–water partition coefficient (Wildman–Crippen LogP) is 1.43. The van der Waals surface area contributed by atoms with Gasteiger partial charge < -0.3 is 15.7 Å². The van der Waals surface area contributed by atoms with Crippen molar-refractivity contribution in [2.24, 2.45) is 5.41 Å². The van der Waals surface area contributed by atoms with Gasteiger partial charge in [0, 0.05) is 6.54 Å². The molecule has 1 aliphatic heterocycles. The van der Waals surface area contributed by atoms with Crippen molar-refractivity contribution >= 4 is 5.91 Å². The van der Waals surface area contributed by atoms with E-state index in [2.05, 4.69) is 24.5 Å². The van der Waals surface area contributed by atoms with Crippen LogP contribution < -0.4 is 10.6 Å². The minimum Gasteiger partial charge on any atom is -0.393 e. The lowest BCUT2D eigenvalue weighted by Gasteiger charge is -2.35. The highest BCUT2D eigenvalue weighted by molar-refractivity contribution is 5.86. The Morgan fingerprint density at radius 3 is 2.67 bits per heavy atom. The third-order valence-corrected chi connectivity index (χ3v) is 3.70. The van der Waals surface area contributed by atoms with Gasteiger partial charge in [0.05, 0.1) is 11.6 Å². The zero-order valence-electron chi connectivity index (χ0n) is 12.2. The molecule has 0 saturated carbocycles. The van der Waals surface area contributed by atoms with Crippen molar-refractivity contribution in [2.45, 2.75) is 65.0 Å². The number of aliphatic hydroxyl groups is 1. The molecule has 0 aromatic carbocycles. The molecule has 0 aromatic rings. The minimum absolute atomic E-state index is 0.0746. The van der Waals surface area contributed by atoms with Gasteiger partial charge in [-0.05, 0) is 51.5 Å². The summed E-state index contributed by atoms with van der Waals surface area (Å²) in [4.78, 5) is 12.2. The Labute approximate surface area is 111 Å². The third kappa shape index (κ3) is 4.58. The van der Waals surface area contributed by atoms with Crippen LogP contribution in [0.25, 0.3) is 0 Å². The van der Waals surface area contributed by atoms with Crippen molar-refractivity contribution in [3.05, 3.63) is 0 Å². The summed E-state index contributed by atoms with van der Waals surface area (Å²) >= 11 is 0. The molecule has 1 aliphatic rings. The van der Waals surface area contributed by atoms with Crippen LogP contribution in [0.15, 0.2) is 0 Å². The second-order valence-electron chi connectivity index (χ2n) is 6.62. The second-order valence-corrected chi connectivity index (χ2v) is 6.62. The highest BCUT2D eigenvalue weighted by Crippen LogP contribution is 2.23. The number of nitrogens with one attached hydrogen (secondary N) is 2. The summed E-state index contributed by atoms with van der Waals surface area (Å²) < 4.78 is 0. The van der Waals surface area contributed by atoms with Gasteiger partial charge in [-0.2, -0.15) is 0 Å². The van der Waals surface area contributed by atoms with E-state index < -0.39 is 5.54 Å². The Morgan fingerprint density at radius 1 is 1.50 bits per heavy atom. The molecule has 0 bridgehead atoms. The molecular weight excluding hydrogens is 228 g/mol. The standard InChI is InChI=1S/C14H28N2O2/c1-11(17)9-13(2,3)10-15-12(18)14(4)7-5-6-8-16-14/h11,16-17H,5-10H2,1-4H3,(H,15,18). The van der Waals surface area contributed by atoms with Gasteiger partial charge in [0.15, 0.2) is 0 Å². The number of carbonyl (C=O) groups is 1. The van der Waals surface area contributed by atoms with Crippen LogP contribution in [0.4, 0.5) is 0 Å². The summed E-state index contributed by atoms with van der Waals surface area (Å²) in [5.41, 5.74) is -0.492. The smallest absolute Gasteiger partial charge is 0.240 e. The zero-order valence-corrected chi connectivity index (χ0v) is 12.2. The van der Waals surface area contributed by atoms with Crippen molar-refractivity contribution in [1.82, 2.24) is 10.6 Å². The molecule has 0 aliphatic carbocycles. The molecule has 1 rings (SSSR count). The number of piperidine rings is 1. The van der Waals surface area contributed by atoms with Crippen molar-refractivity contribution in [1.29, 1.82) is 0 Å². The summed E-state index contributed by atoms with van der Waals surface area (Å²) in [5, 5.41) is 15.8. The fraction of sp³-hybridized carbons (Fsp3) is 0.929. The Morgan fingerprint density at radius 2 is 2.17 bits per heavy atom. The fourth-order valence-corrected chi connectivity index (χ4v) is 2.64. The van der Waals surface area contributed by atoms with Gasteiger partial charge in [0.25, 0.3) is 0 Å². The fourth-order valence-electron chi connectivity index (χ4n) is 2.64. The first-order chi connectivity index (χ1) is 8.25. The van der Waals surface area contributed by atoms with E-state index in [0.29, 0.717) is 13.0 Å². The maximum atomic E-state index is 12.2. The topological polar surface area (TPSA) is 61.4 Å². The van der Waals surface area contributed by atoms with Gasteiger partial charge in [-0.15, -0.1) is 0 Å². The molecule has 0 spiro atoms. The van der Waals surface area contributed by atoms with Crippen LogP contribution in [0.2, 0.25) is 0 Å². The van der Waals surface area contributed by atoms with E-state index >= 15 is 0 Å². The molecule has 1 heterocycles. The number of carbonyl (C=O) groups excluding carboxylic acids is 1. The first kappa shape index (κ1) is 15.4. The first-order valence-electron chi connectivity index (χ1n) is 6.97. The van der Waals surface area contributed by atoms with Crippen LogP contribution in [0.3, 0.4) is 0 Å². The summed E-state index contributed by atoms with van der Waals surface area (Å²) in [6.45, 7) is 9.42. The normalized spacial score (nSPS) is 26.7. The predicted molar refractivity (Wildman–Crippen MR) is 73.3 cm³/mol. The van der Waals surface area contributed by atoms with Gasteiger partial charge in [-0.3, -0.25) is 4.79 Å². The van der Waals surface area contributed by atoms with Gasteiger partial charge in [-0.1, -0.05) is 13.8 Å². The molecule has 1 amide bonds. The molecule has 18 heavy (non-hydrogen) atoms. The summed E-state index contributed by atoms with van der Waals surface area (Å²) in [5.74, 6) is 0.0841. The van der Waals surface area contributed by atoms with E-state index in [1.807, 2.05) is 6.92 Å². The lowest BCUT2D eigenvalue weighted by Crippen LogP contribution is -2.57. The summed E-state index contributed by atoms with van der Waals surface area (Å²) in [7, 11) is 0. The van der Waals surface area contributed by atoms with E-state index in [1.54, 1.807) is 6.92 Å². The molecule has 3 N–H and O–H groups in total. The SMILES string of the molecule is CC(O)CC(C)(C)CNC(=O)C1(C)CCCCN1. The molecule has 2 atom stereocenters. The Balaban J connectivity index is 2.45. The van der Waals surface area contributed by atoms with Crippen molar-refractivity contribution in [3.8, 4) is 0 Å². The molecule has 106 valence electrons. The van der Waals surface area contributed by atoms with Gasteiger partial charge in [0.1, 0.15) is 0 Å². The molecule has 2 unspecified atom stereocenters. The number of rotatable bonds is 5. The van der Waals surface area contributed by atoms with Crippen molar-refractivity contribution in [3.63, 3.8) is 0 Å². The largest absolute Gasteiger partial charge is 0.393 e. The average Bonchev–Trinajstić information content (AvgIpc) is 2.25. The highest BCUT2D eigenvalue weighted by atomic mass is 16.3. The molecule has 1 saturated heterocycles. The van der Waals surface area contributed by atoms with Crippen LogP contribution in [-0.2, 0) is 4.79 Å². The third-order valence-electron chi connectivity index (χ3n) is 3.70. The number of hydrogen-bond donors (Lipinski definition) is 3. The molecular formula is C14H28N2O2. The lowest BCUT2D eigenvalue weighted by atomic mass is 9.85. The maximum Gasteiger partial charge on any atom is 0.240 e. The molecule has 1 fully saturated rings. The lowest BCUT2D eigenvalue weighted by molar-refractivity contribution is -0.128. The zero-order chi connectivity index (χ0) is 13.8. The monoisotopic (exact) mass is 256 g/mol. The Bertz CT molecular complexity index is 282. The summed E-state index contributed by atoms with van der Waals surface area (Å²) in [6, 6.07) is 0. The second kappa shape index (κ2) is 6.02. The van der Waals surface area contributed by atoms with E-state index in [1.165, 1.54) is 0 Å². The highest BCUT2D eigenvalue weighted by Gasteiger charge is 2.34. The van der Waals surface area contributed by atoms with E-state index in [4.69, 9.17) is 0 Å². The van der Waals surface area contributed by atoms with Crippen molar-refractivity contribution < 1.29 is 9.90 Å². The molecule has 4 heteroatoms. The van der Waals surface area contributed by atoms with Crippen LogP contribution in [-0.4, -0.2) is 35.7 Å². The van der Waals surface area contributed by atoms with Crippen molar-refractivity contribution in [2.75, 3.05) is 13.1 Å². The first-order valence-corrected chi connectivity index (χ1v) is 6.97. The van der Waals surface area contributed by atoms with E-state index in [9.17, 15) is 9.90 Å². The number of aliphatic hydroxyl groups excluding tert-OH is 1. The molecule has 0 aromatic heterocycles. The van der Waals surface area contributed by atoms with Crippen LogP contribution in [0, 0.1) is 5.41 Å². The van der Waals surface area contributed by atoms with E-state index in [-0.39, 0.29) is 17.4 Å². The quantitative estimate of drug-likeness (QED) is 0.697. The number of hydrogen-bond acceptors (Lipinski definition) is 3. The van der Waals surface area contributed by atoms with Gasteiger partial charge >= 0.3 is 0 Å². The van der Waals surface area contributed by atoms with Gasteiger partial charge in [0.2, 0.25) is 5.91 Å². The molecule has 4 nitrogen and oxygen atoms in total. The van der Waals surface area contributed by atoms with Crippen LogP contribution in [0.5, 0.6) is 0 Å². The molecule has 0 radical (unpaired) electrons. The maximum absolute atomic E-state index is 12.2. The Kier molecular flexibility index (Phi) is 5.17. The van der Waals surface area contributed by atoms with Crippen LogP contribution >= 0.6 is 0 Å². The minimum atomic E-state index is -0.417.